The van der Waals surface area contributed by atoms with Crippen LogP contribution in [0, 0.1) is 0 Å². The highest BCUT2D eigenvalue weighted by Crippen LogP contribution is 2.20. The van der Waals surface area contributed by atoms with Gasteiger partial charge in [0.25, 0.3) is 0 Å². The van der Waals surface area contributed by atoms with Crippen LogP contribution in [0.4, 0.5) is 0 Å². The molecule has 0 spiro atoms. The quantitative estimate of drug-likeness (QED) is 0.707. The molecule has 0 radical (unpaired) electrons. The Labute approximate surface area is 104 Å². The van der Waals surface area contributed by atoms with E-state index in [1.54, 1.807) is 7.11 Å². The zero-order valence-corrected chi connectivity index (χ0v) is 10.9. The van der Waals surface area contributed by atoms with Gasteiger partial charge in [-0.05, 0) is 24.1 Å². The molecule has 0 bridgehead atoms. The topological polar surface area (TPSA) is 44.5 Å². The Balaban J connectivity index is 2.49. The van der Waals surface area contributed by atoms with Crippen LogP contribution < -0.4 is 10.5 Å². The highest BCUT2D eigenvalue weighted by molar-refractivity contribution is 5.36. The molecule has 3 heteroatoms. The summed E-state index contributed by atoms with van der Waals surface area (Å²) in [5.74, 6) is 0.873. The Morgan fingerprint density at radius 2 is 2.06 bits per heavy atom. The number of benzene rings is 1. The molecule has 0 amide bonds. The van der Waals surface area contributed by atoms with Gasteiger partial charge in [-0.2, -0.15) is 0 Å². The van der Waals surface area contributed by atoms with Crippen molar-refractivity contribution in [3.05, 3.63) is 29.3 Å². The molecule has 2 N–H and O–H groups in total. The van der Waals surface area contributed by atoms with Crippen LogP contribution in [-0.2, 0) is 17.9 Å². The standard InChI is InChI=1S/C14H23NO2/c1-3-4-5-8-17-11-13-9-12(10-15)6-7-14(13)16-2/h6-7,9H,3-5,8,10-11,15H2,1-2H3. The van der Waals surface area contributed by atoms with E-state index in [0.29, 0.717) is 13.2 Å². The molecule has 17 heavy (non-hydrogen) atoms. The summed E-state index contributed by atoms with van der Waals surface area (Å²) in [4.78, 5) is 0. The van der Waals surface area contributed by atoms with Crippen molar-refractivity contribution in [3.8, 4) is 5.75 Å². The summed E-state index contributed by atoms with van der Waals surface area (Å²) < 4.78 is 10.9. The van der Waals surface area contributed by atoms with Crippen LogP contribution in [0.3, 0.4) is 0 Å². The van der Waals surface area contributed by atoms with Crippen LogP contribution in [0.15, 0.2) is 18.2 Å². The second kappa shape index (κ2) is 8.09. The molecule has 0 aliphatic carbocycles. The minimum Gasteiger partial charge on any atom is -0.496 e. The Hall–Kier alpha value is -1.06. The molecule has 0 fully saturated rings. The third-order valence-electron chi connectivity index (χ3n) is 2.73. The van der Waals surface area contributed by atoms with Crippen LogP contribution in [0.2, 0.25) is 0 Å². The molecule has 96 valence electrons. The molecule has 3 nitrogen and oxygen atoms in total. The lowest BCUT2D eigenvalue weighted by Gasteiger charge is -2.10. The fraction of sp³-hybridized carbons (Fsp3) is 0.571. The van der Waals surface area contributed by atoms with Gasteiger partial charge in [-0.1, -0.05) is 25.8 Å². The van der Waals surface area contributed by atoms with Crippen molar-refractivity contribution >= 4 is 0 Å². The first-order chi connectivity index (χ1) is 8.31. The van der Waals surface area contributed by atoms with E-state index >= 15 is 0 Å². The van der Waals surface area contributed by atoms with Gasteiger partial charge in [-0.3, -0.25) is 0 Å². The highest BCUT2D eigenvalue weighted by atomic mass is 16.5. The van der Waals surface area contributed by atoms with E-state index < -0.39 is 0 Å². The van der Waals surface area contributed by atoms with Gasteiger partial charge in [0.1, 0.15) is 5.75 Å². The fourth-order valence-electron chi connectivity index (χ4n) is 1.71. The first-order valence-corrected chi connectivity index (χ1v) is 6.25. The van der Waals surface area contributed by atoms with Crippen LogP contribution in [0.25, 0.3) is 0 Å². The second-order valence-electron chi connectivity index (χ2n) is 4.11. The molecule has 1 rings (SSSR count). The summed E-state index contributed by atoms with van der Waals surface area (Å²) in [6.45, 7) is 4.14. The van der Waals surface area contributed by atoms with E-state index in [1.807, 2.05) is 12.1 Å². The molecule has 0 aliphatic heterocycles. The lowest BCUT2D eigenvalue weighted by molar-refractivity contribution is 0.115. The van der Waals surface area contributed by atoms with Crippen molar-refractivity contribution < 1.29 is 9.47 Å². The molecule has 0 atom stereocenters. The monoisotopic (exact) mass is 237 g/mol. The molecule has 0 saturated carbocycles. The maximum absolute atomic E-state index is 5.64. The van der Waals surface area contributed by atoms with Crippen LogP contribution in [0.5, 0.6) is 5.75 Å². The average molecular weight is 237 g/mol. The molecular weight excluding hydrogens is 214 g/mol. The van der Waals surface area contributed by atoms with Crippen LogP contribution in [-0.4, -0.2) is 13.7 Å². The second-order valence-corrected chi connectivity index (χ2v) is 4.11. The largest absolute Gasteiger partial charge is 0.496 e. The van der Waals surface area contributed by atoms with Crippen molar-refractivity contribution in [1.29, 1.82) is 0 Å². The Morgan fingerprint density at radius 1 is 1.24 bits per heavy atom. The van der Waals surface area contributed by atoms with Gasteiger partial charge in [0.2, 0.25) is 0 Å². The first kappa shape index (κ1) is 14.0. The Kier molecular flexibility index (Phi) is 6.67. The lowest BCUT2D eigenvalue weighted by Crippen LogP contribution is -2.02. The van der Waals surface area contributed by atoms with Crippen molar-refractivity contribution in [1.82, 2.24) is 0 Å². The average Bonchev–Trinajstić information content (AvgIpc) is 2.38. The number of nitrogens with two attached hydrogens (primary N) is 1. The SMILES string of the molecule is CCCCCOCc1cc(CN)ccc1OC. The Morgan fingerprint density at radius 3 is 2.71 bits per heavy atom. The van der Waals surface area contributed by atoms with Gasteiger partial charge >= 0.3 is 0 Å². The minimum absolute atomic E-state index is 0.548. The molecule has 1 aromatic carbocycles. The maximum Gasteiger partial charge on any atom is 0.124 e. The number of methoxy groups -OCH3 is 1. The van der Waals surface area contributed by atoms with Gasteiger partial charge in [0.05, 0.1) is 13.7 Å². The van der Waals surface area contributed by atoms with Gasteiger partial charge in [0, 0.05) is 18.7 Å². The van der Waals surface area contributed by atoms with Crippen LogP contribution in [0.1, 0.15) is 37.3 Å². The molecule has 0 aliphatic rings. The highest BCUT2D eigenvalue weighted by Gasteiger charge is 2.04. The minimum atomic E-state index is 0.548. The van der Waals surface area contributed by atoms with Crippen molar-refractivity contribution in [3.63, 3.8) is 0 Å². The molecule has 0 unspecified atom stereocenters. The van der Waals surface area contributed by atoms with E-state index in [4.69, 9.17) is 15.2 Å². The predicted molar refractivity (Wildman–Crippen MR) is 70.1 cm³/mol. The lowest BCUT2D eigenvalue weighted by atomic mass is 10.1. The van der Waals surface area contributed by atoms with Gasteiger partial charge in [0.15, 0.2) is 0 Å². The van der Waals surface area contributed by atoms with Crippen LogP contribution >= 0.6 is 0 Å². The van der Waals surface area contributed by atoms with E-state index in [-0.39, 0.29) is 0 Å². The van der Waals surface area contributed by atoms with Gasteiger partial charge in [-0.15, -0.1) is 0 Å². The summed E-state index contributed by atoms with van der Waals surface area (Å²) in [5, 5.41) is 0. The van der Waals surface area contributed by atoms with Crippen molar-refractivity contribution in [2.45, 2.75) is 39.3 Å². The normalized spacial score (nSPS) is 10.5. The fourth-order valence-corrected chi connectivity index (χ4v) is 1.71. The third kappa shape index (κ3) is 4.75. The number of hydrogen-bond acceptors (Lipinski definition) is 3. The Bertz CT molecular complexity index is 326. The van der Waals surface area contributed by atoms with Crippen molar-refractivity contribution in [2.24, 2.45) is 5.73 Å². The van der Waals surface area contributed by atoms with E-state index in [0.717, 1.165) is 29.9 Å². The van der Waals surface area contributed by atoms with Gasteiger partial charge < -0.3 is 15.2 Å². The van der Waals surface area contributed by atoms with E-state index in [2.05, 4.69) is 13.0 Å². The molecule has 1 aromatic rings. The first-order valence-electron chi connectivity index (χ1n) is 6.25. The molecule has 0 aromatic heterocycles. The number of unbranched alkanes of at least 4 members (excludes halogenated alkanes) is 2. The number of hydrogen-bond donors (Lipinski definition) is 1. The molecule has 0 saturated heterocycles. The summed E-state index contributed by atoms with van der Waals surface area (Å²) in [6.07, 6.45) is 3.56. The number of ether oxygens (including phenoxy) is 2. The summed E-state index contributed by atoms with van der Waals surface area (Å²) >= 11 is 0. The molecular formula is C14H23NO2. The number of rotatable bonds is 8. The van der Waals surface area contributed by atoms with E-state index in [9.17, 15) is 0 Å². The zero-order valence-electron chi connectivity index (χ0n) is 10.9. The van der Waals surface area contributed by atoms with Crippen molar-refractivity contribution in [2.75, 3.05) is 13.7 Å². The predicted octanol–water partition coefficient (Wildman–Crippen LogP) is 2.86. The zero-order chi connectivity index (χ0) is 12.5. The third-order valence-corrected chi connectivity index (χ3v) is 2.73. The smallest absolute Gasteiger partial charge is 0.124 e. The maximum atomic E-state index is 5.64. The van der Waals surface area contributed by atoms with Gasteiger partial charge in [-0.25, -0.2) is 0 Å². The van der Waals surface area contributed by atoms with E-state index in [1.165, 1.54) is 12.8 Å². The molecule has 0 heterocycles. The summed E-state index contributed by atoms with van der Waals surface area (Å²) in [5.41, 5.74) is 7.81. The summed E-state index contributed by atoms with van der Waals surface area (Å²) in [6, 6.07) is 5.99. The summed E-state index contributed by atoms with van der Waals surface area (Å²) in [7, 11) is 1.68.